The highest BCUT2D eigenvalue weighted by Crippen LogP contribution is 2.22. The second-order valence-electron chi connectivity index (χ2n) is 4.96. The minimum Gasteiger partial charge on any atom is -0.469 e. The minimum atomic E-state index is 0.213. The zero-order valence-electron chi connectivity index (χ0n) is 12.1. The van der Waals surface area contributed by atoms with E-state index >= 15 is 0 Å². The predicted octanol–water partition coefficient (Wildman–Crippen LogP) is 2.65. The summed E-state index contributed by atoms with van der Waals surface area (Å²) in [6, 6.07) is 2.56. The van der Waals surface area contributed by atoms with Crippen LogP contribution in [0.25, 0.3) is 0 Å². The van der Waals surface area contributed by atoms with Gasteiger partial charge < -0.3 is 9.73 Å². The van der Waals surface area contributed by atoms with Crippen molar-refractivity contribution >= 4 is 0 Å². The second kappa shape index (κ2) is 6.02. The van der Waals surface area contributed by atoms with Crippen LogP contribution in [0.5, 0.6) is 0 Å². The van der Waals surface area contributed by atoms with Crippen LogP contribution >= 0.6 is 0 Å². The molecular formula is C14H22N4O. The summed E-state index contributed by atoms with van der Waals surface area (Å²) in [6.07, 6.45) is 4.18. The van der Waals surface area contributed by atoms with Crippen molar-refractivity contribution in [1.82, 2.24) is 20.1 Å². The van der Waals surface area contributed by atoms with Crippen LogP contribution in [0.2, 0.25) is 0 Å². The Morgan fingerprint density at radius 3 is 2.79 bits per heavy atom. The van der Waals surface area contributed by atoms with E-state index in [0.29, 0.717) is 6.04 Å². The zero-order valence-corrected chi connectivity index (χ0v) is 12.1. The third kappa shape index (κ3) is 3.04. The van der Waals surface area contributed by atoms with E-state index in [1.165, 1.54) is 5.56 Å². The van der Waals surface area contributed by atoms with E-state index in [-0.39, 0.29) is 6.04 Å². The summed E-state index contributed by atoms with van der Waals surface area (Å²) >= 11 is 0. The van der Waals surface area contributed by atoms with Crippen LogP contribution in [0, 0.1) is 6.92 Å². The topological polar surface area (TPSA) is 55.9 Å². The van der Waals surface area contributed by atoms with E-state index in [4.69, 9.17) is 4.42 Å². The molecule has 1 N–H and O–H groups in total. The maximum Gasteiger partial charge on any atom is 0.138 e. The fourth-order valence-corrected chi connectivity index (χ4v) is 2.33. The maximum atomic E-state index is 5.41. The van der Waals surface area contributed by atoms with Crippen molar-refractivity contribution in [2.45, 2.75) is 46.2 Å². The van der Waals surface area contributed by atoms with Gasteiger partial charge in [0, 0.05) is 24.1 Å². The number of nitrogens with one attached hydrogen (secondary N) is 1. The normalized spacial score (nSPS) is 13.1. The Morgan fingerprint density at radius 2 is 2.21 bits per heavy atom. The van der Waals surface area contributed by atoms with Crippen molar-refractivity contribution in [3.8, 4) is 0 Å². The van der Waals surface area contributed by atoms with E-state index in [0.717, 1.165) is 24.6 Å². The van der Waals surface area contributed by atoms with Gasteiger partial charge in [0.15, 0.2) is 0 Å². The van der Waals surface area contributed by atoms with Crippen molar-refractivity contribution in [3.63, 3.8) is 0 Å². The Hall–Kier alpha value is -1.62. The van der Waals surface area contributed by atoms with Crippen LogP contribution in [-0.4, -0.2) is 21.3 Å². The molecule has 2 heterocycles. The first-order chi connectivity index (χ1) is 9.13. The molecule has 1 unspecified atom stereocenters. The molecule has 0 spiro atoms. The number of likely N-dealkylation sites (N-methyl/N-ethyl adjacent to an activating group) is 1. The van der Waals surface area contributed by atoms with Gasteiger partial charge in [0.05, 0.1) is 6.26 Å². The third-order valence-corrected chi connectivity index (χ3v) is 3.25. The maximum absolute atomic E-state index is 5.41. The highest BCUT2D eigenvalue weighted by atomic mass is 16.3. The monoisotopic (exact) mass is 262 g/mol. The van der Waals surface area contributed by atoms with E-state index in [2.05, 4.69) is 36.2 Å². The van der Waals surface area contributed by atoms with Gasteiger partial charge in [0.25, 0.3) is 0 Å². The first-order valence-corrected chi connectivity index (χ1v) is 6.79. The van der Waals surface area contributed by atoms with Crippen molar-refractivity contribution in [2.24, 2.45) is 0 Å². The quantitative estimate of drug-likeness (QED) is 0.869. The fraction of sp³-hybridized carbons (Fsp3) is 0.571. The average molecular weight is 262 g/mol. The van der Waals surface area contributed by atoms with Gasteiger partial charge in [-0.2, -0.15) is 5.10 Å². The third-order valence-electron chi connectivity index (χ3n) is 3.25. The molecule has 0 saturated heterocycles. The van der Waals surface area contributed by atoms with Crippen LogP contribution in [-0.2, 0) is 6.42 Å². The summed E-state index contributed by atoms with van der Waals surface area (Å²) in [5.41, 5.74) is 1.19. The first-order valence-electron chi connectivity index (χ1n) is 6.79. The standard InChI is InChI=1S/C14H22N4O/c1-5-15-13(12-6-7-19-11(12)4)8-14-16-9-17-18(14)10(2)3/h6-7,9-10,13,15H,5,8H2,1-4H3. The Bertz CT molecular complexity index is 515. The lowest BCUT2D eigenvalue weighted by Gasteiger charge is -2.18. The van der Waals surface area contributed by atoms with Crippen LogP contribution in [0.1, 0.15) is 50.0 Å². The lowest BCUT2D eigenvalue weighted by Crippen LogP contribution is -2.25. The molecule has 1 atom stereocenters. The molecule has 2 aromatic rings. The van der Waals surface area contributed by atoms with Crippen LogP contribution in [0.15, 0.2) is 23.1 Å². The number of hydrogen-bond donors (Lipinski definition) is 1. The van der Waals surface area contributed by atoms with E-state index < -0.39 is 0 Å². The van der Waals surface area contributed by atoms with Crippen molar-refractivity contribution < 1.29 is 4.42 Å². The van der Waals surface area contributed by atoms with Crippen molar-refractivity contribution in [3.05, 3.63) is 35.8 Å². The van der Waals surface area contributed by atoms with Crippen LogP contribution in [0.4, 0.5) is 0 Å². The van der Waals surface area contributed by atoms with Gasteiger partial charge in [0.1, 0.15) is 17.9 Å². The molecule has 0 aliphatic rings. The summed E-state index contributed by atoms with van der Waals surface area (Å²) < 4.78 is 7.38. The van der Waals surface area contributed by atoms with Gasteiger partial charge in [-0.1, -0.05) is 6.92 Å². The molecule has 2 rings (SSSR count). The molecule has 5 heteroatoms. The Labute approximate surface area is 114 Å². The molecule has 5 nitrogen and oxygen atoms in total. The fourth-order valence-electron chi connectivity index (χ4n) is 2.33. The van der Waals surface area contributed by atoms with Crippen LogP contribution < -0.4 is 5.32 Å². The van der Waals surface area contributed by atoms with Gasteiger partial charge in [-0.05, 0) is 33.4 Å². The second-order valence-corrected chi connectivity index (χ2v) is 4.96. The molecule has 19 heavy (non-hydrogen) atoms. The summed E-state index contributed by atoms with van der Waals surface area (Å²) in [5, 5.41) is 7.78. The molecule has 104 valence electrons. The van der Waals surface area contributed by atoms with E-state index in [1.54, 1.807) is 12.6 Å². The largest absolute Gasteiger partial charge is 0.469 e. The first kappa shape index (κ1) is 13.8. The van der Waals surface area contributed by atoms with Crippen molar-refractivity contribution in [2.75, 3.05) is 6.54 Å². The van der Waals surface area contributed by atoms with Crippen LogP contribution in [0.3, 0.4) is 0 Å². The molecule has 0 saturated carbocycles. The molecule has 0 fully saturated rings. The molecule has 0 aliphatic carbocycles. The van der Waals surface area contributed by atoms with Gasteiger partial charge in [0.2, 0.25) is 0 Å². The molecule has 0 aliphatic heterocycles. The molecule has 0 radical (unpaired) electrons. The number of nitrogens with zero attached hydrogens (tertiary/aromatic N) is 3. The van der Waals surface area contributed by atoms with Gasteiger partial charge in [-0.25, -0.2) is 9.67 Å². The van der Waals surface area contributed by atoms with E-state index in [9.17, 15) is 0 Å². The number of rotatable bonds is 6. The van der Waals surface area contributed by atoms with Gasteiger partial charge >= 0.3 is 0 Å². The number of furan rings is 1. The number of aryl methyl sites for hydroxylation is 1. The molecule has 2 aromatic heterocycles. The molecule has 0 bridgehead atoms. The smallest absolute Gasteiger partial charge is 0.138 e. The lowest BCUT2D eigenvalue weighted by molar-refractivity contribution is 0.460. The summed E-state index contributed by atoms with van der Waals surface area (Å²) in [6.45, 7) is 9.24. The highest BCUT2D eigenvalue weighted by Gasteiger charge is 2.19. The van der Waals surface area contributed by atoms with Gasteiger partial charge in [-0.3, -0.25) is 0 Å². The molecular weight excluding hydrogens is 240 g/mol. The minimum absolute atomic E-state index is 0.213. The number of hydrogen-bond acceptors (Lipinski definition) is 4. The zero-order chi connectivity index (χ0) is 13.8. The van der Waals surface area contributed by atoms with Gasteiger partial charge in [-0.15, -0.1) is 0 Å². The van der Waals surface area contributed by atoms with Crippen molar-refractivity contribution in [1.29, 1.82) is 0 Å². The Morgan fingerprint density at radius 1 is 1.42 bits per heavy atom. The summed E-state index contributed by atoms with van der Waals surface area (Å²) in [5.74, 6) is 1.96. The molecule has 0 aromatic carbocycles. The highest BCUT2D eigenvalue weighted by molar-refractivity contribution is 5.21. The summed E-state index contributed by atoms with van der Waals surface area (Å²) in [4.78, 5) is 4.38. The SMILES string of the molecule is CCNC(Cc1ncnn1C(C)C)c1ccoc1C. The van der Waals surface area contributed by atoms with E-state index in [1.807, 2.05) is 17.7 Å². The Kier molecular flexibility index (Phi) is 4.37. The molecule has 0 amide bonds. The predicted molar refractivity (Wildman–Crippen MR) is 74.0 cm³/mol. The Balaban J connectivity index is 2.22. The summed E-state index contributed by atoms with van der Waals surface area (Å²) in [7, 11) is 0. The average Bonchev–Trinajstić information content (AvgIpc) is 2.97. The lowest BCUT2D eigenvalue weighted by atomic mass is 10.0. The number of aromatic nitrogens is 3.